The maximum absolute atomic E-state index is 7.89. The Kier molecular flexibility index (Phi) is 10.5. The lowest BCUT2D eigenvalue weighted by Gasteiger charge is -2.57. The number of nitrogens with zero attached hydrogens (tertiary/aromatic N) is 2. The average molecular weight is 1040 g/mol. The molecule has 16 rings (SSSR count). The fourth-order valence-electron chi connectivity index (χ4n) is 18.6. The Morgan fingerprint density at radius 1 is 0.481 bits per heavy atom. The minimum Gasteiger partial charge on any atom is -0.468 e. The summed E-state index contributed by atoms with van der Waals surface area (Å²) in [6, 6.07) is 42.8. The van der Waals surface area contributed by atoms with Crippen LogP contribution in [0.4, 0.5) is 34.1 Å². The van der Waals surface area contributed by atoms with Gasteiger partial charge in [0.25, 0.3) is 6.71 Å². The van der Waals surface area contributed by atoms with E-state index in [0.29, 0.717) is 5.92 Å². The molecule has 4 fully saturated rings. The fourth-order valence-corrected chi connectivity index (χ4v) is 18.6. The van der Waals surface area contributed by atoms with Crippen LogP contribution in [0.25, 0.3) is 22.1 Å². The summed E-state index contributed by atoms with van der Waals surface area (Å²) in [6.07, 6.45) is 15.3. The highest BCUT2D eigenvalue weighted by Crippen LogP contribution is 2.63. The number of anilines is 6. The van der Waals surface area contributed by atoms with Crippen LogP contribution in [-0.2, 0) is 37.9 Å². The summed E-state index contributed by atoms with van der Waals surface area (Å²) in [5, 5.41) is 1.26. The van der Waals surface area contributed by atoms with E-state index in [2.05, 4.69) is 210 Å². The van der Waals surface area contributed by atoms with Crippen molar-refractivity contribution in [3.05, 3.63) is 148 Å². The van der Waals surface area contributed by atoms with E-state index in [1.54, 1.807) is 5.56 Å². The van der Waals surface area contributed by atoms with E-state index in [0.717, 1.165) is 29.0 Å². The van der Waals surface area contributed by atoms with E-state index >= 15 is 0 Å². The summed E-state index contributed by atoms with van der Waals surface area (Å²) in [4.78, 5) is 5.60. The van der Waals surface area contributed by atoms with Crippen LogP contribution in [0.15, 0.2) is 108 Å². The predicted molar refractivity (Wildman–Crippen MR) is 335 cm³/mol. The normalized spacial score (nSPS) is 26.3. The van der Waals surface area contributed by atoms with Crippen molar-refractivity contribution in [3.8, 4) is 11.1 Å². The van der Waals surface area contributed by atoms with Crippen LogP contribution in [-0.4, -0.2) is 6.71 Å². The second-order valence-electron chi connectivity index (χ2n) is 31.7. The molecule has 0 saturated heterocycles. The minimum atomic E-state index is -0.113. The van der Waals surface area contributed by atoms with Crippen LogP contribution in [0.3, 0.4) is 0 Å². The summed E-state index contributed by atoms with van der Waals surface area (Å²) < 4.78 is 7.89. The number of hydrogen-bond acceptors (Lipinski definition) is 3. The number of rotatable bonds is 5. The molecule has 1 aromatic heterocycles. The second kappa shape index (κ2) is 16.4. The summed E-state index contributed by atoms with van der Waals surface area (Å²) in [7, 11) is 0. The van der Waals surface area contributed by atoms with Gasteiger partial charge in [-0.1, -0.05) is 145 Å². The Morgan fingerprint density at radius 3 is 1.58 bits per heavy atom. The third-order valence-electron chi connectivity index (χ3n) is 23.4. The quantitative estimate of drug-likeness (QED) is 0.160. The second-order valence-corrected chi connectivity index (χ2v) is 31.7. The van der Waals surface area contributed by atoms with E-state index in [-0.39, 0.29) is 44.6 Å². The molecule has 3 nitrogen and oxygen atoms in total. The molecule has 0 radical (unpaired) electrons. The fraction of sp³-hybridized carbons (Fsp3) is 0.493. The third kappa shape index (κ3) is 7.28. The Morgan fingerprint density at radius 2 is 1.00 bits per heavy atom. The topological polar surface area (TPSA) is 19.6 Å². The van der Waals surface area contributed by atoms with Crippen molar-refractivity contribution in [3.63, 3.8) is 0 Å². The molecule has 79 heavy (non-hydrogen) atoms. The summed E-state index contributed by atoms with van der Waals surface area (Å²) in [5.41, 5.74) is 27.7. The highest BCUT2D eigenvalue weighted by molar-refractivity contribution is 7.00. The first-order chi connectivity index (χ1) is 37.3. The first-order valence-electron chi connectivity index (χ1n) is 31.3. The van der Waals surface area contributed by atoms with Gasteiger partial charge in [-0.2, -0.15) is 0 Å². The van der Waals surface area contributed by atoms with Crippen LogP contribution in [0, 0.1) is 17.8 Å². The van der Waals surface area contributed by atoms with Gasteiger partial charge in [0.05, 0.1) is 17.0 Å². The van der Waals surface area contributed by atoms with Crippen molar-refractivity contribution >= 4 is 68.4 Å². The summed E-state index contributed by atoms with van der Waals surface area (Å²) in [6.45, 7) is 34.6. The average Bonchev–Trinajstić information content (AvgIpc) is 2.92. The molecule has 7 aliphatic carbocycles. The first-order valence-corrected chi connectivity index (χ1v) is 31.3. The molecule has 7 aromatic rings. The lowest BCUT2D eigenvalue weighted by atomic mass is 9.35. The molecule has 2 aliphatic heterocycles. The number of benzene rings is 6. The van der Waals surface area contributed by atoms with Crippen molar-refractivity contribution in [2.75, 3.05) is 9.80 Å². The van der Waals surface area contributed by atoms with Crippen LogP contribution < -0.4 is 26.4 Å². The minimum absolute atomic E-state index is 0.0228. The van der Waals surface area contributed by atoms with Crippen molar-refractivity contribution in [2.45, 2.75) is 218 Å². The van der Waals surface area contributed by atoms with Crippen molar-refractivity contribution in [1.29, 1.82) is 0 Å². The molecular formula is C75H87BN2O. The van der Waals surface area contributed by atoms with Gasteiger partial charge >= 0.3 is 0 Å². The Balaban J connectivity index is 1.10. The van der Waals surface area contributed by atoms with E-state index in [1.807, 2.05) is 0 Å². The monoisotopic (exact) mass is 1040 g/mol. The van der Waals surface area contributed by atoms with Crippen molar-refractivity contribution < 1.29 is 4.42 Å². The molecule has 9 aliphatic rings. The van der Waals surface area contributed by atoms with Gasteiger partial charge in [-0.25, -0.2) is 0 Å². The lowest BCUT2D eigenvalue weighted by Crippen LogP contribution is -2.61. The molecule has 406 valence electrons. The van der Waals surface area contributed by atoms with Gasteiger partial charge in [-0.15, -0.1) is 0 Å². The maximum Gasteiger partial charge on any atom is 0.297 e. The molecule has 0 spiro atoms. The standard InChI is InChI=1S/C75H87BN2O/c1-44(2)49-20-23-61-60(33-49)76-66-63(77(51-21-22-54-55(36-51)70(5,6)25-24-69(54,3)4)67-53-38-57-59(40-65(53)79-68(67)76)74(13,14)29-27-72(57,9)10)34-50(75-41-45-30-46(42-75)32-47(31-45)43-75)35-64(66)78(61)62-39-58-56(71(7,8)26-28-73(58,11)12)37-52(62)48-18-16-15-17-19-48/h15-23,33-40,44-47H,24-32,41-43H2,1-14H3. The predicted octanol–water partition coefficient (Wildman–Crippen LogP) is 18.8. The number of hydrogen-bond donors (Lipinski definition) is 0. The van der Waals surface area contributed by atoms with E-state index < -0.39 is 0 Å². The Bertz CT molecular complexity index is 3690. The Hall–Kier alpha value is -5.48. The van der Waals surface area contributed by atoms with Gasteiger partial charge in [0.15, 0.2) is 0 Å². The molecule has 4 saturated carbocycles. The zero-order valence-electron chi connectivity index (χ0n) is 50.5. The maximum atomic E-state index is 7.89. The lowest BCUT2D eigenvalue weighted by molar-refractivity contribution is -0.00514. The molecule has 0 unspecified atom stereocenters. The zero-order chi connectivity index (χ0) is 54.9. The molecule has 3 heterocycles. The van der Waals surface area contributed by atoms with Gasteiger partial charge in [-0.05, 0) is 254 Å². The van der Waals surface area contributed by atoms with Gasteiger partial charge in [-0.3, -0.25) is 0 Å². The van der Waals surface area contributed by atoms with Crippen molar-refractivity contribution in [1.82, 2.24) is 0 Å². The largest absolute Gasteiger partial charge is 0.468 e. The molecule has 0 amide bonds. The Labute approximate surface area is 474 Å². The number of furan rings is 1. The van der Waals surface area contributed by atoms with Crippen LogP contribution in [0.1, 0.15) is 224 Å². The van der Waals surface area contributed by atoms with E-state index in [9.17, 15) is 0 Å². The zero-order valence-corrected chi connectivity index (χ0v) is 50.5. The molecule has 4 bridgehead atoms. The van der Waals surface area contributed by atoms with Crippen molar-refractivity contribution in [2.24, 2.45) is 17.8 Å². The molecule has 4 heteroatoms. The molecule has 6 aromatic carbocycles. The highest BCUT2D eigenvalue weighted by Gasteiger charge is 2.55. The van der Waals surface area contributed by atoms with Gasteiger partial charge < -0.3 is 14.2 Å². The number of fused-ring (bicyclic) bond motifs is 9. The van der Waals surface area contributed by atoms with E-state index in [1.165, 1.54) is 178 Å². The molecular weight excluding hydrogens is 956 g/mol. The third-order valence-corrected chi connectivity index (χ3v) is 23.4. The molecule has 0 atom stereocenters. The summed E-state index contributed by atoms with van der Waals surface area (Å²) >= 11 is 0. The van der Waals surface area contributed by atoms with Crippen LogP contribution in [0.2, 0.25) is 0 Å². The molecule has 0 N–H and O–H groups in total. The van der Waals surface area contributed by atoms with E-state index in [4.69, 9.17) is 4.42 Å². The van der Waals surface area contributed by atoms with Crippen LogP contribution in [0.5, 0.6) is 0 Å². The summed E-state index contributed by atoms with van der Waals surface area (Å²) in [5.74, 6) is 2.82. The van der Waals surface area contributed by atoms with Gasteiger partial charge in [0.2, 0.25) is 0 Å². The van der Waals surface area contributed by atoms with Gasteiger partial charge in [0, 0.05) is 33.7 Å². The smallest absolute Gasteiger partial charge is 0.297 e. The highest BCUT2D eigenvalue weighted by atomic mass is 16.3. The van der Waals surface area contributed by atoms with Gasteiger partial charge in [0.1, 0.15) is 5.58 Å². The first kappa shape index (κ1) is 50.5. The van der Waals surface area contributed by atoms with Crippen LogP contribution >= 0.6 is 0 Å². The SMILES string of the molecule is CC(C)c1ccc2c(c1)B1c3oc4cc5c(cc4c3N(c3ccc4c(c3)C(C)(C)CCC4(C)C)c3cc(C46CC7CC(CC(C7)C4)C6)cc(c31)N2c1cc2c(cc1-c1ccccc1)C(C)(C)CCC2(C)C)C(C)(C)CCC5(C)C.